The summed E-state index contributed by atoms with van der Waals surface area (Å²) in [5.74, 6) is 0.710. The highest BCUT2D eigenvalue weighted by molar-refractivity contribution is 5.28. The van der Waals surface area contributed by atoms with Crippen LogP contribution < -0.4 is 4.74 Å². The van der Waals surface area contributed by atoms with E-state index in [1.54, 1.807) is 0 Å². The fourth-order valence-corrected chi connectivity index (χ4v) is 3.71. The lowest BCUT2D eigenvalue weighted by Crippen LogP contribution is -2.52. The molecule has 2 aromatic carbocycles. The number of ether oxygens (including phenoxy) is 1. The van der Waals surface area contributed by atoms with Gasteiger partial charge in [-0.25, -0.2) is 4.39 Å². The second-order valence-corrected chi connectivity index (χ2v) is 7.08. The number of aliphatic hydroxyl groups excluding tert-OH is 1. The molecule has 1 atom stereocenters. The van der Waals surface area contributed by atoms with E-state index in [-0.39, 0.29) is 12.4 Å². The largest absolute Gasteiger partial charge is 0.494 e. The molecule has 1 fully saturated rings. The Morgan fingerprint density at radius 3 is 2.63 bits per heavy atom. The van der Waals surface area contributed by atoms with Crippen LogP contribution in [0.3, 0.4) is 0 Å². The van der Waals surface area contributed by atoms with Gasteiger partial charge in [0.25, 0.3) is 0 Å². The molecule has 1 saturated heterocycles. The molecule has 0 spiro atoms. The van der Waals surface area contributed by atoms with Gasteiger partial charge in [0, 0.05) is 45.4 Å². The minimum absolute atomic E-state index is 0.179. The second kappa shape index (κ2) is 9.83. The van der Waals surface area contributed by atoms with Gasteiger partial charge in [-0.3, -0.25) is 9.80 Å². The monoisotopic (exact) mass is 372 g/mol. The molecule has 1 heterocycles. The SMILES string of the molecule is CCOc1cccc(CN2CCN(Cc3ccc(F)cc3)[C@H](CCO)C2)c1. The molecule has 2 aromatic rings. The zero-order chi connectivity index (χ0) is 19.1. The Bertz CT molecular complexity index is 708. The molecular formula is C22H29FN2O2. The zero-order valence-corrected chi connectivity index (χ0v) is 16.0. The van der Waals surface area contributed by atoms with Crippen molar-refractivity contribution in [2.75, 3.05) is 32.8 Å². The second-order valence-electron chi connectivity index (χ2n) is 7.08. The first kappa shape index (κ1) is 19.8. The van der Waals surface area contributed by atoms with Crippen molar-refractivity contribution in [3.8, 4) is 5.75 Å². The van der Waals surface area contributed by atoms with Gasteiger partial charge in [-0.15, -0.1) is 0 Å². The molecule has 5 heteroatoms. The summed E-state index contributed by atoms with van der Waals surface area (Å²) >= 11 is 0. The van der Waals surface area contributed by atoms with Crippen LogP contribution in [0.2, 0.25) is 0 Å². The van der Waals surface area contributed by atoms with E-state index in [9.17, 15) is 9.50 Å². The molecule has 1 N–H and O–H groups in total. The minimum Gasteiger partial charge on any atom is -0.494 e. The highest BCUT2D eigenvalue weighted by atomic mass is 19.1. The maximum Gasteiger partial charge on any atom is 0.123 e. The molecule has 1 aliphatic heterocycles. The highest BCUT2D eigenvalue weighted by Gasteiger charge is 2.26. The number of nitrogens with zero attached hydrogens (tertiary/aromatic N) is 2. The number of piperazine rings is 1. The predicted octanol–water partition coefficient (Wildman–Crippen LogP) is 3.29. The van der Waals surface area contributed by atoms with Crippen LogP contribution in [0.25, 0.3) is 0 Å². The molecular weight excluding hydrogens is 343 g/mol. The summed E-state index contributed by atoms with van der Waals surface area (Å²) in [5, 5.41) is 9.50. The maximum absolute atomic E-state index is 13.1. The molecule has 1 aliphatic rings. The Kier molecular flexibility index (Phi) is 7.21. The number of aliphatic hydroxyl groups is 1. The Morgan fingerprint density at radius 2 is 1.89 bits per heavy atom. The van der Waals surface area contributed by atoms with E-state index < -0.39 is 0 Å². The van der Waals surface area contributed by atoms with Gasteiger partial charge >= 0.3 is 0 Å². The summed E-state index contributed by atoms with van der Waals surface area (Å²) in [7, 11) is 0. The van der Waals surface area contributed by atoms with Crippen LogP contribution in [-0.4, -0.2) is 53.8 Å². The first-order valence-electron chi connectivity index (χ1n) is 9.71. The van der Waals surface area contributed by atoms with E-state index in [0.717, 1.165) is 50.5 Å². The molecule has 0 radical (unpaired) electrons. The third-order valence-corrected chi connectivity index (χ3v) is 5.07. The van der Waals surface area contributed by atoms with E-state index in [1.165, 1.54) is 17.7 Å². The third-order valence-electron chi connectivity index (χ3n) is 5.07. The number of hydrogen-bond donors (Lipinski definition) is 1. The quantitative estimate of drug-likeness (QED) is 0.771. The lowest BCUT2D eigenvalue weighted by atomic mass is 10.1. The minimum atomic E-state index is -0.204. The lowest BCUT2D eigenvalue weighted by molar-refractivity contribution is 0.0499. The number of halogens is 1. The van der Waals surface area contributed by atoms with E-state index in [2.05, 4.69) is 21.9 Å². The van der Waals surface area contributed by atoms with Crippen LogP contribution in [0.4, 0.5) is 4.39 Å². The van der Waals surface area contributed by atoms with Gasteiger partial charge in [0.1, 0.15) is 11.6 Å². The summed E-state index contributed by atoms with van der Waals surface area (Å²) < 4.78 is 18.7. The Labute approximate surface area is 161 Å². The van der Waals surface area contributed by atoms with Gasteiger partial charge in [0.2, 0.25) is 0 Å². The molecule has 0 amide bonds. The van der Waals surface area contributed by atoms with Crippen LogP contribution in [0.1, 0.15) is 24.5 Å². The van der Waals surface area contributed by atoms with Crippen LogP contribution in [0, 0.1) is 5.82 Å². The summed E-state index contributed by atoms with van der Waals surface area (Å²) in [6.45, 7) is 7.34. The normalized spacial score (nSPS) is 18.6. The van der Waals surface area contributed by atoms with Gasteiger partial charge in [0.15, 0.2) is 0 Å². The molecule has 4 nitrogen and oxygen atoms in total. The lowest BCUT2D eigenvalue weighted by Gasteiger charge is -2.41. The summed E-state index contributed by atoms with van der Waals surface area (Å²) in [6, 6.07) is 15.3. The Balaban J connectivity index is 1.61. The molecule has 0 unspecified atom stereocenters. The van der Waals surface area contributed by atoms with Crippen molar-refractivity contribution in [2.45, 2.75) is 32.5 Å². The zero-order valence-electron chi connectivity index (χ0n) is 16.0. The van der Waals surface area contributed by atoms with Gasteiger partial charge in [-0.2, -0.15) is 0 Å². The standard InChI is InChI=1S/C22H29FN2O2/c1-2-27-22-5-3-4-19(14-22)15-24-11-12-25(21(17-24)10-13-26)16-18-6-8-20(23)9-7-18/h3-9,14,21,26H,2,10-13,15-17H2,1H3/t21-/m1/s1. The number of hydrogen-bond acceptors (Lipinski definition) is 4. The summed E-state index contributed by atoms with van der Waals surface area (Å²) in [4.78, 5) is 4.84. The maximum atomic E-state index is 13.1. The first-order chi connectivity index (χ1) is 13.2. The van der Waals surface area contributed by atoms with Crippen LogP contribution in [-0.2, 0) is 13.1 Å². The smallest absolute Gasteiger partial charge is 0.123 e. The van der Waals surface area contributed by atoms with Gasteiger partial charge in [0.05, 0.1) is 6.61 Å². The van der Waals surface area contributed by atoms with E-state index in [0.29, 0.717) is 12.6 Å². The van der Waals surface area contributed by atoms with Gasteiger partial charge < -0.3 is 9.84 Å². The number of rotatable bonds is 8. The molecule has 3 rings (SSSR count). The van der Waals surface area contributed by atoms with Crippen molar-refractivity contribution in [1.29, 1.82) is 0 Å². The third kappa shape index (κ3) is 5.76. The fraction of sp³-hybridized carbons (Fsp3) is 0.455. The van der Waals surface area contributed by atoms with Crippen molar-refractivity contribution in [3.05, 3.63) is 65.5 Å². The van der Waals surface area contributed by atoms with Crippen molar-refractivity contribution >= 4 is 0 Å². The number of benzene rings is 2. The highest BCUT2D eigenvalue weighted by Crippen LogP contribution is 2.20. The topological polar surface area (TPSA) is 35.9 Å². The predicted molar refractivity (Wildman–Crippen MR) is 105 cm³/mol. The average molecular weight is 372 g/mol. The van der Waals surface area contributed by atoms with E-state index >= 15 is 0 Å². The van der Waals surface area contributed by atoms with Crippen LogP contribution in [0.15, 0.2) is 48.5 Å². The molecule has 0 aliphatic carbocycles. The molecule has 146 valence electrons. The summed E-state index contributed by atoms with van der Waals surface area (Å²) in [5.41, 5.74) is 2.35. The first-order valence-corrected chi connectivity index (χ1v) is 9.71. The van der Waals surface area contributed by atoms with E-state index in [4.69, 9.17) is 4.74 Å². The molecule has 0 aromatic heterocycles. The Hall–Kier alpha value is -1.95. The van der Waals surface area contributed by atoms with Crippen molar-refractivity contribution in [2.24, 2.45) is 0 Å². The van der Waals surface area contributed by atoms with Crippen LogP contribution >= 0.6 is 0 Å². The molecule has 0 saturated carbocycles. The fourth-order valence-electron chi connectivity index (χ4n) is 3.71. The van der Waals surface area contributed by atoms with Crippen molar-refractivity contribution in [1.82, 2.24) is 9.80 Å². The van der Waals surface area contributed by atoms with Gasteiger partial charge in [-0.1, -0.05) is 24.3 Å². The van der Waals surface area contributed by atoms with E-state index in [1.807, 2.05) is 31.2 Å². The van der Waals surface area contributed by atoms with Crippen molar-refractivity contribution < 1.29 is 14.2 Å². The van der Waals surface area contributed by atoms with Crippen molar-refractivity contribution in [3.63, 3.8) is 0 Å². The summed E-state index contributed by atoms with van der Waals surface area (Å²) in [6.07, 6.45) is 0.747. The Morgan fingerprint density at radius 1 is 1.07 bits per heavy atom. The van der Waals surface area contributed by atoms with Gasteiger partial charge in [-0.05, 0) is 48.7 Å². The van der Waals surface area contributed by atoms with Crippen LogP contribution in [0.5, 0.6) is 5.75 Å². The molecule has 27 heavy (non-hydrogen) atoms. The molecule has 0 bridgehead atoms. The average Bonchev–Trinajstić information content (AvgIpc) is 2.66.